The second-order valence-corrected chi connectivity index (χ2v) is 4.36. The summed E-state index contributed by atoms with van der Waals surface area (Å²) in [5, 5.41) is 9.40. The van der Waals surface area contributed by atoms with E-state index in [0.717, 1.165) is 31.8 Å². The lowest BCUT2D eigenvalue weighted by Crippen LogP contribution is -2.41. The highest BCUT2D eigenvalue weighted by atomic mass is 15.1. The summed E-state index contributed by atoms with van der Waals surface area (Å²) in [6.45, 7) is 1.95. The Morgan fingerprint density at radius 1 is 1.40 bits per heavy atom. The van der Waals surface area contributed by atoms with Gasteiger partial charge in [0.15, 0.2) is 0 Å². The van der Waals surface area contributed by atoms with Gasteiger partial charge in [-0.1, -0.05) is 0 Å². The van der Waals surface area contributed by atoms with Crippen LogP contribution in [0.15, 0.2) is 12.4 Å². The first-order valence-corrected chi connectivity index (χ1v) is 5.25. The molecule has 0 aromatic carbocycles. The van der Waals surface area contributed by atoms with Gasteiger partial charge in [0.1, 0.15) is 11.2 Å². The summed E-state index contributed by atoms with van der Waals surface area (Å²) in [6, 6.07) is 2.47. The van der Waals surface area contributed by atoms with Crippen LogP contribution in [0.25, 0.3) is 0 Å². The minimum Gasteiger partial charge on any atom is -0.337 e. The SMILES string of the molecule is CN1CCC(C#N)(c2nccn2C)CC1. The van der Waals surface area contributed by atoms with Crippen molar-refractivity contribution in [1.82, 2.24) is 14.5 Å². The van der Waals surface area contributed by atoms with Crippen molar-refractivity contribution in [3.8, 4) is 6.07 Å². The number of aryl methyl sites for hydroxylation is 1. The average Bonchev–Trinajstić information content (AvgIpc) is 2.67. The molecule has 1 aliphatic heterocycles. The summed E-state index contributed by atoms with van der Waals surface area (Å²) in [4.78, 5) is 6.59. The third-order valence-corrected chi connectivity index (χ3v) is 3.30. The Morgan fingerprint density at radius 3 is 2.53 bits per heavy atom. The van der Waals surface area contributed by atoms with Crippen LogP contribution >= 0.6 is 0 Å². The molecule has 4 nitrogen and oxygen atoms in total. The Kier molecular flexibility index (Phi) is 2.49. The lowest BCUT2D eigenvalue weighted by molar-refractivity contribution is 0.214. The van der Waals surface area contributed by atoms with Gasteiger partial charge in [-0.05, 0) is 33.0 Å². The molecule has 0 atom stereocenters. The molecule has 1 aromatic heterocycles. The van der Waals surface area contributed by atoms with Gasteiger partial charge in [0.25, 0.3) is 0 Å². The van der Waals surface area contributed by atoms with E-state index in [0.29, 0.717) is 0 Å². The van der Waals surface area contributed by atoms with E-state index in [1.165, 1.54) is 0 Å². The lowest BCUT2D eigenvalue weighted by Gasteiger charge is -2.34. The van der Waals surface area contributed by atoms with Crippen LogP contribution in [0.1, 0.15) is 18.7 Å². The van der Waals surface area contributed by atoms with Crippen LogP contribution in [0.4, 0.5) is 0 Å². The number of likely N-dealkylation sites (tertiary alicyclic amines) is 1. The molecule has 1 aliphatic rings. The van der Waals surface area contributed by atoms with Crippen molar-refractivity contribution in [2.45, 2.75) is 18.3 Å². The molecule has 0 aliphatic carbocycles. The van der Waals surface area contributed by atoms with Crippen molar-refractivity contribution in [2.24, 2.45) is 7.05 Å². The first-order valence-electron chi connectivity index (χ1n) is 5.25. The van der Waals surface area contributed by atoms with Crippen molar-refractivity contribution in [1.29, 1.82) is 5.26 Å². The maximum Gasteiger partial charge on any atom is 0.129 e. The number of imidazole rings is 1. The number of nitrogens with zero attached hydrogens (tertiary/aromatic N) is 4. The van der Waals surface area contributed by atoms with E-state index < -0.39 is 0 Å². The van der Waals surface area contributed by atoms with Gasteiger partial charge in [-0.15, -0.1) is 0 Å². The van der Waals surface area contributed by atoms with Crippen molar-refractivity contribution in [3.05, 3.63) is 18.2 Å². The molecule has 0 bridgehead atoms. The normalized spacial score (nSPS) is 21.1. The molecule has 0 unspecified atom stereocenters. The number of hydrogen-bond acceptors (Lipinski definition) is 3. The molecule has 15 heavy (non-hydrogen) atoms. The summed E-state index contributed by atoms with van der Waals surface area (Å²) >= 11 is 0. The summed E-state index contributed by atoms with van der Waals surface area (Å²) in [5.41, 5.74) is -0.370. The van der Waals surface area contributed by atoms with Gasteiger partial charge >= 0.3 is 0 Å². The molecule has 2 rings (SSSR count). The minimum atomic E-state index is -0.370. The van der Waals surface area contributed by atoms with E-state index in [9.17, 15) is 5.26 Å². The highest BCUT2D eigenvalue weighted by Crippen LogP contribution is 2.33. The molecule has 0 saturated carbocycles. The zero-order valence-corrected chi connectivity index (χ0v) is 9.27. The van der Waals surface area contributed by atoms with Gasteiger partial charge in [0, 0.05) is 19.4 Å². The van der Waals surface area contributed by atoms with Gasteiger partial charge in [0.2, 0.25) is 0 Å². The molecule has 0 radical (unpaired) electrons. The van der Waals surface area contributed by atoms with Crippen LogP contribution < -0.4 is 0 Å². The van der Waals surface area contributed by atoms with Crippen molar-refractivity contribution >= 4 is 0 Å². The fourth-order valence-corrected chi connectivity index (χ4v) is 2.21. The van der Waals surface area contributed by atoms with Crippen LogP contribution in [0.5, 0.6) is 0 Å². The number of hydrogen-bond donors (Lipinski definition) is 0. The van der Waals surface area contributed by atoms with E-state index >= 15 is 0 Å². The molecular formula is C11H16N4. The molecule has 2 heterocycles. The Hall–Kier alpha value is -1.34. The molecule has 0 amide bonds. The van der Waals surface area contributed by atoms with Crippen molar-refractivity contribution in [2.75, 3.05) is 20.1 Å². The van der Waals surface area contributed by atoms with E-state index in [4.69, 9.17) is 0 Å². The zero-order valence-electron chi connectivity index (χ0n) is 9.27. The fraction of sp³-hybridized carbons (Fsp3) is 0.636. The lowest BCUT2D eigenvalue weighted by atomic mass is 9.79. The summed E-state index contributed by atoms with van der Waals surface area (Å²) in [5.74, 6) is 0.915. The molecule has 0 spiro atoms. The van der Waals surface area contributed by atoms with Crippen LogP contribution in [-0.2, 0) is 12.5 Å². The third-order valence-electron chi connectivity index (χ3n) is 3.30. The fourth-order valence-electron chi connectivity index (χ4n) is 2.21. The maximum absolute atomic E-state index is 9.40. The first kappa shape index (κ1) is 10.2. The predicted octanol–water partition coefficient (Wildman–Crippen LogP) is 0.907. The van der Waals surface area contributed by atoms with Gasteiger partial charge in [-0.2, -0.15) is 5.26 Å². The Balaban J connectivity index is 2.32. The highest BCUT2D eigenvalue weighted by molar-refractivity contribution is 5.23. The highest BCUT2D eigenvalue weighted by Gasteiger charge is 2.38. The monoisotopic (exact) mass is 204 g/mol. The van der Waals surface area contributed by atoms with Gasteiger partial charge in [-0.3, -0.25) is 0 Å². The zero-order chi connectivity index (χ0) is 10.9. The van der Waals surface area contributed by atoms with Gasteiger partial charge < -0.3 is 9.47 Å². The quantitative estimate of drug-likeness (QED) is 0.683. The maximum atomic E-state index is 9.40. The summed E-state index contributed by atoms with van der Waals surface area (Å²) < 4.78 is 1.97. The second-order valence-electron chi connectivity index (χ2n) is 4.36. The van der Waals surface area contributed by atoms with Crippen molar-refractivity contribution in [3.63, 3.8) is 0 Å². The smallest absolute Gasteiger partial charge is 0.129 e. The van der Waals surface area contributed by atoms with E-state index in [1.807, 2.05) is 17.8 Å². The first-order chi connectivity index (χ1) is 7.18. The van der Waals surface area contributed by atoms with Gasteiger partial charge in [0.05, 0.1) is 6.07 Å². The van der Waals surface area contributed by atoms with Crippen LogP contribution in [0, 0.1) is 11.3 Å². The topological polar surface area (TPSA) is 44.9 Å². The Bertz CT molecular complexity index is 380. The standard InChI is InChI=1S/C11H16N4/c1-14-6-3-11(9-12,4-7-14)10-13-5-8-15(10)2/h5,8H,3-4,6-7H2,1-2H3. The molecular weight excluding hydrogens is 188 g/mol. The number of piperidine rings is 1. The number of nitriles is 1. The molecule has 0 N–H and O–H groups in total. The summed E-state index contributed by atoms with van der Waals surface area (Å²) in [7, 11) is 4.06. The Morgan fingerprint density at radius 2 is 2.07 bits per heavy atom. The molecule has 1 aromatic rings. The molecule has 4 heteroatoms. The Labute approximate surface area is 90.1 Å². The van der Waals surface area contributed by atoms with E-state index in [1.54, 1.807) is 6.20 Å². The van der Waals surface area contributed by atoms with Crippen LogP contribution in [0.2, 0.25) is 0 Å². The second kappa shape index (κ2) is 3.67. The van der Waals surface area contributed by atoms with Gasteiger partial charge in [-0.25, -0.2) is 4.98 Å². The van der Waals surface area contributed by atoms with Crippen molar-refractivity contribution < 1.29 is 0 Å². The molecule has 80 valence electrons. The summed E-state index contributed by atoms with van der Waals surface area (Å²) in [6.07, 6.45) is 5.44. The number of aromatic nitrogens is 2. The van der Waals surface area contributed by atoms with E-state index in [-0.39, 0.29) is 5.41 Å². The third kappa shape index (κ3) is 1.64. The number of rotatable bonds is 1. The van der Waals surface area contributed by atoms with E-state index in [2.05, 4.69) is 23.0 Å². The van der Waals surface area contributed by atoms with Crippen LogP contribution in [0.3, 0.4) is 0 Å². The van der Waals surface area contributed by atoms with Crippen LogP contribution in [-0.4, -0.2) is 34.6 Å². The largest absolute Gasteiger partial charge is 0.337 e. The minimum absolute atomic E-state index is 0.370. The molecule has 1 fully saturated rings. The molecule has 1 saturated heterocycles. The average molecular weight is 204 g/mol. The predicted molar refractivity (Wildman–Crippen MR) is 57.2 cm³/mol.